The van der Waals surface area contributed by atoms with Gasteiger partial charge in [-0.25, -0.2) is 4.98 Å². The molecule has 0 bridgehead atoms. The minimum absolute atomic E-state index is 0.00218. The zero-order valence-corrected chi connectivity index (χ0v) is 30.2. The van der Waals surface area contributed by atoms with Gasteiger partial charge in [0.15, 0.2) is 12.3 Å². The second-order valence-corrected chi connectivity index (χ2v) is 12.8. The molecule has 17 nitrogen and oxygen atoms in total. The Balaban J connectivity index is 0.949. The van der Waals surface area contributed by atoms with Crippen LogP contribution in [0.2, 0.25) is 0 Å². The summed E-state index contributed by atoms with van der Waals surface area (Å²) in [5, 5.41) is 12.9. The highest BCUT2D eigenvalue weighted by atomic mass is 16.5. The molecule has 1 aliphatic rings. The van der Waals surface area contributed by atoms with Crippen molar-refractivity contribution in [2.75, 3.05) is 31.6 Å². The molecule has 1 atom stereocenters. The van der Waals surface area contributed by atoms with Crippen LogP contribution in [0.15, 0.2) is 65.6 Å². The number of amides is 5. The monoisotopic (exact) mass is 749 g/mol. The smallest absolute Gasteiger partial charge is 0.266 e. The molecule has 0 saturated heterocycles. The van der Waals surface area contributed by atoms with Gasteiger partial charge in [0.05, 0.1) is 29.6 Å². The number of rotatable bonds is 18. The van der Waals surface area contributed by atoms with Crippen LogP contribution in [-0.2, 0) is 19.2 Å². The van der Waals surface area contributed by atoms with E-state index in [-0.39, 0.29) is 42.2 Å². The Bertz CT molecular complexity index is 2240. The van der Waals surface area contributed by atoms with Crippen LogP contribution in [0, 0.1) is 13.8 Å². The van der Waals surface area contributed by atoms with Gasteiger partial charge in [-0.1, -0.05) is 35.5 Å². The number of ether oxygens (including phenoxy) is 1. The van der Waals surface area contributed by atoms with E-state index in [1.54, 1.807) is 18.6 Å². The molecule has 1 aliphatic heterocycles. The number of fused-ring (bicyclic) bond motifs is 2. The van der Waals surface area contributed by atoms with Crippen LogP contribution in [0.1, 0.15) is 57.9 Å². The normalized spacial score (nSPS) is 12.7. The Kier molecular flexibility index (Phi) is 11.6. The number of primary amides is 1. The highest BCUT2D eigenvalue weighted by Crippen LogP contribution is 2.34. The molecule has 55 heavy (non-hydrogen) atoms. The van der Waals surface area contributed by atoms with Crippen molar-refractivity contribution in [2.45, 2.75) is 45.6 Å². The van der Waals surface area contributed by atoms with Gasteiger partial charge in [-0.3, -0.25) is 38.3 Å². The summed E-state index contributed by atoms with van der Waals surface area (Å²) >= 11 is 0. The molecule has 5 N–H and O–H groups in total. The lowest BCUT2D eigenvalue weighted by Crippen LogP contribution is -2.47. The maximum absolute atomic E-state index is 13.2. The first kappa shape index (κ1) is 37.8. The number of hydrogen-bond donors (Lipinski definition) is 4. The number of nitrogens with zero attached hydrogens (tertiary/aromatic N) is 5. The van der Waals surface area contributed by atoms with Crippen molar-refractivity contribution in [1.29, 1.82) is 0 Å². The summed E-state index contributed by atoms with van der Waals surface area (Å²) in [7, 11) is 0. The average molecular weight is 750 g/mol. The molecule has 3 aromatic heterocycles. The summed E-state index contributed by atoms with van der Waals surface area (Å²) in [6.07, 6.45) is 6.59. The predicted octanol–water partition coefficient (Wildman–Crippen LogP) is 2.60. The van der Waals surface area contributed by atoms with Crippen LogP contribution < -0.4 is 26.4 Å². The van der Waals surface area contributed by atoms with Crippen LogP contribution in [0.3, 0.4) is 0 Å². The third kappa shape index (κ3) is 8.19. The lowest BCUT2D eigenvalue weighted by molar-refractivity contribution is -0.123. The van der Waals surface area contributed by atoms with Gasteiger partial charge in [-0.15, -0.1) is 0 Å². The fraction of sp³-hybridized carbons (Fsp3) is 0.289. The van der Waals surface area contributed by atoms with E-state index in [0.29, 0.717) is 49.4 Å². The highest BCUT2D eigenvalue weighted by molar-refractivity contribution is 6.24. The van der Waals surface area contributed by atoms with Crippen LogP contribution in [-0.4, -0.2) is 92.5 Å². The number of hydrogen-bond acceptors (Lipinski definition) is 12. The summed E-state index contributed by atoms with van der Waals surface area (Å²) in [5.41, 5.74) is 10.2. The molecule has 0 aliphatic carbocycles. The van der Waals surface area contributed by atoms with Gasteiger partial charge >= 0.3 is 0 Å². The quantitative estimate of drug-likeness (QED) is 0.0575. The van der Waals surface area contributed by atoms with E-state index < -0.39 is 36.3 Å². The van der Waals surface area contributed by atoms with Crippen molar-refractivity contribution >= 4 is 47.3 Å². The minimum Gasteiger partial charge on any atom is -0.483 e. The Labute approximate surface area is 314 Å². The minimum atomic E-state index is -1.30. The molecule has 5 aromatic rings. The van der Waals surface area contributed by atoms with E-state index in [1.807, 2.05) is 42.5 Å². The van der Waals surface area contributed by atoms with Crippen molar-refractivity contribution in [3.05, 3.63) is 83.6 Å². The molecule has 0 saturated carbocycles. The third-order valence-electron chi connectivity index (χ3n) is 9.04. The molecular weight excluding hydrogens is 710 g/mol. The number of imidazole rings is 1. The van der Waals surface area contributed by atoms with Crippen molar-refractivity contribution in [2.24, 2.45) is 5.73 Å². The second kappa shape index (κ2) is 16.8. The Morgan fingerprint density at radius 1 is 0.964 bits per heavy atom. The van der Waals surface area contributed by atoms with E-state index in [9.17, 15) is 28.8 Å². The van der Waals surface area contributed by atoms with Gasteiger partial charge < -0.3 is 35.7 Å². The van der Waals surface area contributed by atoms with Gasteiger partial charge in [0.25, 0.3) is 17.7 Å². The summed E-state index contributed by atoms with van der Waals surface area (Å²) in [4.78, 5) is 83.9. The third-order valence-corrected chi connectivity index (χ3v) is 9.04. The Hall–Kier alpha value is -6.91. The molecule has 2 aromatic carbocycles. The number of nitrogens with one attached hydrogen (secondary N) is 3. The maximum Gasteiger partial charge on any atom is 0.266 e. The summed E-state index contributed by atoms with van der Waals surface area (Å²) in [5.74, 6) is -1.76. The van der Waals surface area contributed by atoms with Crippen LogP contribution in [0.25, 0.3) is 28.0 Å². The Morgan fingerprint density at radius 3 is 2.38 bits per heavy atom. The summed E-state index contributed by atoms with van der Waals surface area (Å²) in [6.45, 7) is 4.01. The molecule has 17 heteroatoms. The van der Waals surface area contributed by atoms with Crippen molar-refractivity contribution < 1.29 is 38.0 Å². The first-order valence-electron chi connectivity index (χ1n) is 17.6. The van der Waals surface area contributed by atoms with Crippen LogP contribution in [0.4, 0.5) is 5.82 Å². The van der Waals surface area contributed by atoms with Crippen molar-refractivity contribution in [3.63, 3.8) is 0 Å². The van der Waals surface area contributed by atoms with Crippen LogP contribution in [0.5, 0.6) is 5.75 Å². The number of anilines is 1. The van der Waals surface area contributed by atoms with E-state index in [4.69, 9.17) is 20.0 Å². The maximum atomic E-state index is 13.2. The fourth-order valence-electron chi connectivity index (χ4n) is 6.39. The predicted molar refractivity (Wildman–Crippen MR) is 198 cm³/mol. The number of benzene rings is 2. The lowest BCUT2D eigenvalue weighted by atomic mass is 10.0. The first-order valence-corrected chi connectivity index (χ1v) is 17.6. The molecule has 0 fully saturated rings. The SMILES string of the molecule is Cc1noc(C)c1-c1ccc(-c2nc3cnccn3c2NCC(=O)NCCCCNC(=O)COc2cccc3c2C(=O)N(C(CCC=O)C(N)=O)C3=O)cc1. The second-order valence-electron chi connectivity index (χ2n) is 12.8. The van der Waals surface area contributed by atoms with Crippen LogP contribution >= 0.6 is 0 Å². The molecule has 0 radical (unpaired) electrons. The number of aryl methyl sites for hydroxylation is 2. The van der Waals surface area contributed by atoms with Gasteiger partial charge in [0.1, 0.15) is 35.3 Å². The first-order chi connectivity index (χ1) is 26.6. The molecule has 4 heterocycles. The molecule has 0 spiro atoms. The summed E-state index contributed by atoms with van der Waals surface area (Å²) in [6, 6.07) is 10.9. The zero-order chi connectivity index (χ0) is 39.1. The molecule has 5 amide bonds. The highest BCUT2D eigenvalue weighted by Gasteiger charge is 2.43. The number of aldehydes is 1. The van der Waals surface area contributed by atoms with E-state index in [0.717, 1.165) is 33.0 Å². The van der Waals surface area contributed by atoms with Gasteiger partial charge in [0.2, 0.25) is 11.8 Å². The van der Waals surface area contributed by atoms with E-state index in [1.165, 1.54) is 18.2 Å². The topological polar surface area (TPSA) is 233 Å². The number of unbranched alkanes of at least 4 members (excludes halogenated alkanes) is 1. The van der Waals surface area contributed by atoms with E-state index >= 15 is 0 Å². The Morgan fingerprint density at radius 2 is 1.69 bits per heavy atom. The number of imide groups is 1. The summed E-state index contributed by atoms with van der Waals surface area (Å²) < 4.78 is 12.7. The van der Waals surface area contributed by atoms with Gasteiger partial charge in [-0.2, -0.15) is 0 Å². The largest absolute Gasteiger partial charge is 0.483 e. The number of carbonyl (C=O) groups excluding carboxylic acids is 6. The molecule has 284 valence electrons. The van der Waals surface area contributed by atoms with Crippen molar-refractivity contribution in [1.82, 2.24) is 35.1 Å². The van der Waals surface area contributed by atoms with Gasteiger partial charge in [-0.05, 0) is 50.8 Å². The zero-order valence-electron chi connectivity index (χ0n) is 30.2. The van der Waals surface area contributed by atoms with Crippen molar-refractivity contribution in [3.8, 4) is 28.1 Å². The molecular formula is C38H39N9O8. The number of carbonyl (C=O) groups is 6. The fourth-order valence-corrected chi connectivity index (χ4v) is 6.39. The number of aromatic nitrogens is 4. The van der Waals surface area contributed by atoms with Gasteiger partial charge in [0, 0.05) is 43.0 Å². The number of nitrogens with two attached hydrogens (primary N) is 1. The molecule has 6 rings (SSSR count). The average Bonchev–Trinajstić information content (AvgIpc) is 3.81. The standard InChI is InChI=1S/C38H39N9O8/c1-22-32(23(2)55-45-22)24-10-12-25(13-11-24)34-36(46-17-16-40-19-29(46)44-34)43-20-30(49)41-14-3-4-15-42-31(50)21-54-28-9-5-7-26-33(28)38(53)47(37(26)52)27(35(39)51)8-6-18-48/h5,7,9-13,16-19,27,43H,3-4,6,8,14-15,20-21H2,1-2H3,(H2,39,51)(H,41,49)(H,42,50). The molecule has 1 unspecified atom stereocenters. The van der Waals surface area contributed by atoms with E-state index in [2.05, 4.69) is 26.1 Å². The lowest BCUT2D eigenvalue weighted by Gasteiger charge is -2.22.